The highest BCUT2D eigenvalue weighted by Gasteiger charge is 2.01. The van der Waals surface area contributed by atoms with Gasteiger partial charge in [-0.05, 0) is 12.3 Å². The van der Waals surface area contributed by atoms with Crippen LogP contribution in [0, 0.1) is 5.92 Å². The topological polar surface area (TPSA) is 20.2 Å². The second kappa shape index (κ2) is 9.49. The van der Waals surface area contributed by atoms with Crippen LogP contribution >= 0.6 is 0 Å². The molecule has 0 fully saturated rings. The van der Waals surface area contributed by atoms with E-state index in [9.17, 15) is 0 Å². The number of hydrogen-bond acceptors (Lipinski definition) is 1. The molecule has 0 aromatic heterocycles. The fourth-order valence-corrected chi connectivity index (χ4v) is 0.917. The quantitative estimate of drug-likeness (QED) is 0.595. The van der Waals surface area contributed by atoms with Crippen molar-refractivity contribution in [3.05, 3.63) is 0 Å². The molecule has 0 bridgehead atoms. The lowest BCUT2D eigenvalue weighted by molar-refractivity contribution is 0.212. The summed E-state index contributed by atoms with van der Waals surface area (Å²) in [5, 5.41) is 8.75. The van der Waals surface area contributed by atoms with Crippen molar-refractivity contribution in [2.75, 3.05) is 6.61 Å². The molecule has 0 aromatic carbocycles. The molecule has 0 amide bonds. The highest BCUT2D eigenvalue weighted by Crippen LogP contribution is 2.10. The Morgan fingerprint density at radius 2 is 1.90 bits per heavy atom. The molecular weight excluding hydrogens is 139 g/mol. The minimum atomic E-state index is 0. The molecule has 0 aliphatic heterocycles. The Balaban J connectivity index is 0. The van der Waals surface area contributed by atoms with Crippen LogP contribution in [0.15, 0.2) is 0 Å². The van der Waals surface area contributed by atoms with Crippen LogP contribution < -0.4 is 0 Å². The number of hydrogen-bond donors (Lipinski definition) is 1. The van der Waals surface area contributed by atoms with E-state index in [1.807, 2.05) is 0 Å². The number of aliphatic hydroxyl groups is 1. The van der Waals surface area contributed by atoms with E-state index in [1.54, 1.807) is 0 Å². The SMILES string of the molecule is CCCCC(CC)CO.[AlH3]. The van der Waals surface area contributed by atoms with Crippen molar-refractivity contribution in [2.45, 2.75) is 39.5 Å². The Morgan fingerprint density at radius 1 is 1.30 bits per heavy atom. The van der Waals surface area contributed by atoms with E-state index in [0.29, 0.717) is 12.5 Å². The average Bonchev–Trinajstić information content (AvgIpc) is 1.91. The van der Waals surface area contributed by atoms with Crippen molar-refractivity contribution in [1.29, 1.82) is 0 Å². The minimum absolute atomic E-state index is 0. The van der Waals surface area contributed by atoms with Crippen molar-refractivity contribution < 1.29 is 5.11 Å². The summed E-state index contributed by atoms with van der Waals surface area (Å²) in [4.78, 5) is 0. The normalized spacial score (nSPS) is 12.3. The Kier molecular flexibility index (Phi) is 12.4. The van der Waals surface area contributed by atoms with Crippen LogP contribution in [-0.2, 0) is 0 Å². The van der Waals surface area contributed by atoms with E-state index in [1.165, 1.54) is 19.3 Å². The summed E-state index contributed by atoms with van der Waals surface area (Å²) in [5.41, 5.74) is 0. The predicted octanol–water partition coefficient (Wildman–Crippen LogP) is 1.01. The zero-order chi connectivity index (χ0) is 7.11. The zero-order valence-corrected chi connectivity index (χ0v) is 6.56. The van der Waals surface area contributed by atoms with Crippen LogP contribution in [0.3, 0.4) is 0 Å². The molecule has 0 heterocycles. The van der Waals surface area contributed by atoms with Gasteiger partial charge >= 0.3 is 0 Å². The summed E-state index contributed by atoms with van der Waals surface area (Å²) in [6.07, 6.45) is 4.83. The van der Waals surface area contributed by atoms with Gasteiger partial charge in [-0.25, -0.2) is 0 Å². The van der Waals surface area contributed by atoms with Gasteiger partial charge in [0.25, 0.3) is 0 Å². The average molecular weight is 160 g/mol. The van der Waals surface area contributed by atoms with Crippen LogP contribution in [0.5, 0.6) is 0 Å². The Bertz CT molecular complexity index is 53.2. The van der Waals surface area contributed by atoms with Gasteiger partial charge in [0.2, 0.25) is 0 Å². The van der Waals surface area contributed by atoms with E-state index < -0.39 is 0 Å². The Labute approximate surface area is 75.0 Å². The number of rotatable bonds is 5. The van der Waals surface area contributed by atoms with Gasteiger partial charge in [0.05, 0.1) is 0 Å². The number of unbranched alkanes of at least 4 members (excludes halogenated alkanes) is 1. The molecule has 0 aliphatic rings. The van der Waals surface area contributed by atoms with E-state index in [-0.39, 0.29) is 17.4 Å². The molecule has 62 valence electrons. The van der Waals surface area contributed by atoms with Crippen molar-refractivity contribution in [3.8, 4) is 0 Å². The molecule has 1 N–H and O–H groups in total. The Morgan fingerprint density at radius 3 is 2.20 bits per heavy atom. The summed E-state index contributed by atoms with van der Waals surface area (Å²) >= 11 is 0. The second-order valence-corrected chi connectivity index (χ2v) is 2.60. The van der Waals surface area contributed by atoms with Crippen molar-refractivity contribution in [3.63, 3.8) is 0 Å². The lowest BCUT2D eigenvalue weighted by Gasteiger charge is -2.08. The standard InChI is InChI=1S/C8H18O.Al.3H/c1-3-5-6-8(4-2)7-9;;;;/h8-9H,3-7H2,1-2H3;;;;. The largest absolute Gasteiger partial charge is 0.396 e. The smallest absolute Gasteiger partial charge is 0.187 e. The molecular formula is C8H21AlO. The molecule has 0 saturated carbocycles. The molecule has 1 nitrogen and oxygen atoms in total. The maximum Gasteiger partial charge on any atom is 0.187 e. The van der Waals surface area contributed by atoms with Gasteiger partial charge in [0, 0.05) is 6.61 Å². The van der Waals surface area contributed by atoms with Gasteiger partial charge in [-0.3, -0.25) is 0 Å². The molecule has 0 aliphatic carbocycles. The predicted molar refractivity (Wildman–Crippen MR) is 50.3 cm³/mol. The second-order valence-electron chi connectivity index (χ2n) is 2.60. The number of aliphatic hydroxyl groups excluding tert-OH is 1. The lowest BCUT2D eigenvalue weighted by Crippen LogP contribution is -2.03. The molecule has 0 radical (unpaired) electrons. The highest BCUT2D eigenvalue weighted by atomic mass is 27.0. The van der Waals surface area contributed by atoms with Crippen molar-refractivity contribution in [2.24, 2.45) is 5.92 Å². The lowest BCUT2D eigenvalue weighted by atomic mass is 10.0. The summed E-state index contributed by atoms with van der Waals surface area (Å²) in [7, 11) is 0. The third-order valence-corrected chi connectivity index (χ3v) is 1.80. The zero-order valence-electron chi connectivity index (χ0n) is 6.56. The van der Waals surface area contributed by atoms with Gasteiger partial charge in [0.15, 0.2) is 17.4 Å². The molecule has 0 rings (SSSR count). The third-order valence-electron chi connectivity index (χ3n) is 1.80. The molecule has 0 aromatic rings. The van der Waals surface area contributed by atoms with Crippen LogP contribution in [0.2, 0.25) is 0 Å². The van der Waals surface area contributed by atoms with Crippen molar-refractivity contribution >= 4 is 17.4 Å². The van der Waals surface area contributed by atoms with E-state index in [4.69, 9.17) is 5.11 Å². The Hall–Kier alpha value is 0.492. The van der Waals surface area contributed by atoms with Crippen LogP contribution in [-0.4, -0.2) is 29.1 Å². The first kappa shape index (κ1) is 13.1. The van der Waals surface area contributed by atoms with Crippen LogP contribution in [0.25, 0.3) is 0 Å². The monoisotopic (exact) mass is 160 g/mol. The van der Waals surface area contributed by atoms with Crippen molar-refractivity contribution in [1.82, 2.24) is 0 Å². The van der Waals surface area contributed by atoms with Gasteiger partial charge in [0.1, 0.15) is 0 Å². The maximum absolute atomic E-state index is 8.75. The summed E-state index contributed by atoms with van der Waals surface area (Å²) in [6, 6.07) is 0. The summed E-state index contributed by atoms with van der Waals surface area (Å²) in [6.45, 7) is 4.69. The minimum Gasteiger partial charge on any atom is -0.396 e. The van der Waals surface area contributed by atoms with Crippen LogP contribution in [0.4, 0.5) is 0 Å². The van der Waals surface area contributed by atoms with E-state index in [0.717, 1.165) is 6.42 Å². The highest BCUT2D eigenvalue weighted by molar-refractivity contribution is 5.75. The van der Waals surface area contributed by atoms with Gasteiger partial charge in [-0.2, -0.15) is 0 Å². The fraction of sp³-hybridized carbons (Fsp3) is 1.00. The van der Waals surface area contributed by atoms with Gasteiger partial charge in [-0.1, -0.05) is 33.1 Å². The molecule has 2 heteroatoms. The molecule has 1 unspecified atom stereocenters. The van der Waals surface area contributed by atoms with E-state index in [2.05, 4.69) is 13.8 Å². The molecule has 10 heavy (non-hydrogen) atoms. The van der Waals surface area contributed by atoms with Gasteiger partial charge in [-0.15, -0.1) is 0 Å². The third kappa shape index (κ3) is 6.61. The molecule has 0 saturated heterocycles. The first-order valence-corrected chi connectivity index (χ1v) is 3.96. The van der Waals surface area contributed by atoms with E-state index >= 15 is 0 Å². The molecule has 1 atom stereocenters. The summed E-state index contributed by atoms with van der Waals surface area (Å²) in [5.74, 6) is 0.560. The molecule has 0 spiro atoms. The maximum atomic E-state index is 8.75. The first-order chi connectivity index (χ1) is 4.35. The fourth-order valence-electron chi connectivity index (χ4n) is 0.917. The first-order valence-electron chi connectivity index (χ1n) is 3.96. The van der Waals surface area contributed by atoms with Gasteiger partial charge < -0.3 is 5.11 Å². The van der Waals surface area contributed by atoms with Crippen LogP contribution in [0.1, 0.15) is 39.5 Å². The summed E-state index contributed by atoms with van der Waals surface area (Å²) < 4.78 is 0.